The number of para-hydroxylation sites is 2. The molecule has 0 spiro atoms. The van der Waals surface area contributed by atoms with E-state index < -0.39 is 10.0 Å². The summed E-state index contributed by atoms with van der Waals surface area (Å²) in [5.41, 5.74) is 2.90. The lowest BCUT2D eigenvalue weighted by molar-refractivity contribution is -0.118. The largest absolute Gasteiger partial charge is 0.310 e. The van der Waals surface area contributed by atoms with Crippen LogP contribution in [0.3, 0.4) is 0 Å². The molecule has 2 aliphatic rings. The second-order valence-corrected chi connectivity index (χ2v) is 10.4. The van der Waals surface area contributed by atoms with Gasteiger partial charge in [-0.15, -0.1) is 0 Å². The molecule has 2 aromatic rings. The number of primary sulfonamides is 1. The van der Waals surface area contributed by atoms with Crippen molar-refractivity contribution in [3.8, 4) is 0 Å². The van der Waals surface area contributed by atoms with Gasteiger partial charge >= 0.3 is 0 Å². The van der Waals surface area contributed by atoms with Crippen molar-refractivity contribution in [2.24, 2.45) is 11.1 Å². The molecule has 1 heterocycles. The van der Waals surface area contributed by atoms with E-state index in [1.54, 1.807) is 11.0 Å². The molecule has 0 unspecified atom stereocenters. The van der Waals surface area contributed by atoms with E-state index in [2.05, 4.69) is 12.2 Å². The van der Waals surface area contributed by atoms with Crippen molar-refractivity contribution in [3.05, 3.63) is 53.6 Å². The Morgan fingerprint density at radius 1 is 1.10 bits per heavy atom. The molecule has 31 heavy (non-hydrogen) atoms. The standard InChI is InChI=1S/C24H31N3O3S/c1-17(15-18-7-2-3-8-18)26-16-20-9-4-5-11-21(20)27-23(28)14-13-19-10-6-12-22(24(19)27)31(25,29)30/h4-6,9-12,17-18,26H,2-3,7-8,13-16H2,1H3,(H2,25,29,30)/t17-/m0/s1. The number of benzene rings is 2. The van der Waals surface area contributed by atoms with Crippen LogP contribution in [0.2, 0.25) is 0 Å². The number of anilines is 2. The Kier molecular flexibility index (Phi) is 6.46. The molecule has 7 heteroatoms. The average Bonchev–Trinajstić information content (AvgIpc) is 3.24. The summed E-state index contributed by atoms with van der Waals surface area (Å²) in [4.78, 5) is 14.6. The van der Waals surface area contributed by atoms with Crippen molar-refractivity contribution in [1.29, 1.82) is 0 Å². The molecule has 0 saturated heterocycles. The Morgan fingerprint density at radius 3 is 2.58 bits per heavy atom. The molecule has 1 amide bonds. The van der Waals surface area contributed by atoms with Crippen molar-refractivity contribution in [1.82, 2.24) is 5.32 Å². The third-order valence-electron chi connectivity index (χ3n) is 6.51. The number of hydrogen-bond donors (Lipinski definition) is 2. The van der Waals surface area contributed by atoms with Gasteiger partial charge in [-0.2, -0.15) is 0 Å². The highest BCUT2D eigenvalue weighted by Gasteiger charge is 2.32. The second-order valence-electron chi connectivity index (χ2n) is 8.83. The molecule has 3 N–H and O–H groups in total. The molecule has 0 radical (unpaired) electrons. The summed E-state index contributed by atoms with van der Waals surface area (Å²) < 4.78 is 24.6. The Labute approximate surface area is 184 Å². The lowest BCUT2D eigenvalue weighted by Crippen LogP contribution is -2.34. The summed E-state index contributed by atoms with van der Waals surface area (Å²) in [7, 11) is -3.97. The quantitative estimate of drug-likeness (QED) is 0.679. The lowest BCUT2D eigenvalue weighted by Gasteiger charge is -2.32. The van der Waals surface area contributed by atoms with E-state index in [4.69, 9.17) is 5.14 Å². The number of fused-ring (bicyclic) bond motifs is 1. The van der Waals surface area contributed by atoms with Gasteiger partial charge in [-0.25, -0.2) is 13.6 Å². The zero-order valence-corrected chi connectivity index (χ0v) is 18.8. The maximum absolute atomic E-state index is 13.0. The van der Waals surface area contributed by atoms with Crippen molar-refractivity contribution in [2.75, 3.05) is 4.90 Å². The molecule has 2 aromatic carbocycles. The van der Waals surface area contributed by atoms with Crippen LogP contribution in [0, 0.1) is 5.92 Å². The molecule has 0 aromatic heterocycles. The Hall–Kier alpha value is -2.22. The van der Waals surface area contributed by atoms with Crippen LogP contribution in [-0.2, 0) is 27.8 Å². The first-order valence-electron chi connectivity index (χ1n) is 11.1. The van der Waals surface area contributed by atoms with Gasteiger partial charge in [0.15, 0.2) is 0 Å². The monoisotopic (exact) mass is 441 g/mol. The van der Waals surface area contributed by atoms with Gasteiger partial charge < -0.3 is 5.32 Å². The SMILES string of the molecule is C[C@@H](CC1CCCC1)NCc1ccccc1N1C(=O)CCc2cccc(S(N)(=O)=O)c21. The number of carbonyl (C=O) groups excluding carboxylic acids is 1. The smallest absolute Gasteiger partial charge is 0.240 e. The lowest BCUT2D eigenvalue weighted by atomic mass is 9.98. The summed E-state index contributed by atoms with van der Waals surface area (Å²) in [6.07, 6.45) is 7.30. The molecule has 1 fully saturated rings. The van der Waals surface area contributed by atoms with E-state index in [0.717, 1.165) is 23.5 Å². The minimum Gasteiger partial charge on any atom is -0.310 e. The predicted molar refractivity (Wildman–Crippen MR) is 123 cm³/mol. The Bertz CT molecular complexity index is 1060. The summed E-state index contributed by atoms with van der Waals surface area (Å²) in [5, 5.41) is 9.11. The topological polar surface area (TPSA) is 92.5 Å². The minimum absolute atomic E-state index is 0.00425. The normalized spacial score (nSPS) is 18.3. The van der Waals surface area contributed by atoms with E-state index >= 15 is 0 Å². The van der Waals surface area contributed by atoms with Crippen LogP contribution in [-0.4, -0.2) is 20.4 Å². The zero-order valence-electron chi connectivity index (χ0n) is 18.0. The second kappa shape index (κ2) is 9.10. The number of aryl methyl sites for hydroxylation is 1. The minimum atomic E-state index is -3.97. The fourth-order valence-corrected chi connectivity index (χ4v) is 5.74. The highest BCUT2D eigenvalue weighted by Crippen LogP contribution is 2.40. The van der Waals surface area contributed by atoms with Crippen molar-refractivity contribution in [3.63, 3.8) is 0 Å². The fraction of sp³-hybridized carbons (Fsp3) is 0.458. The maximum atomic E-state index is 13.0. The first-order chi connectivity index (χ1) is 14.8. The number of carbonyl (C=O) groups is 1. The van der Waals surface area contributed by atoms with Gasteiger partial charge in [0.2, 0.25) is 15.9 Å². The van der Waals surface area contributed by atoms with E-state index in [0.29, 0.717) is 36.8 Å². The van der Waals surface area contributed by atoms with Crippen molar-refractivity contribution < 1.29 is 13.2 Å². The van der Waals surface area contributed by atoms with Gasteiger partial charge in [0.05, 0.1) is 11.4 Å². The number of hydrogen-bond acceptors (Lipinski definition) is 4. The summed E-state index contributed by atoms with van der Waals surface area (Å²) in [6, 6.07) is 13.1. The zero-order chi connectivity index (χ0) is 22.0. The van der Waals surface area contributed by atoms with Crippen LogP contribution in [0.5, 0.6) is 0 Å². The van der Waals surface area contributed by atoms with Gasteiger partial charge in [-0.05, 0) is 48.9 Å². The number of rotatable bonds is 7. The first-order valence-corrected chi connectivity index (χ1v) is 12.7. The first kappa shape index (κ1) is 22.0. The van der Waals surface area contributed by atoms with E-state index in [-0.39, 0.29) is 10.8 Å². The molecule has 1 aliphatic heterocycles. The van der Waals surface area contributed by atoms with Crippen LogP contribution in [0.25, 0.3) is 0 Å². The number of amides is 1. The van der Waals surface area contributed by atoms with Crippen LogP contribution < -0.4 is 15.4 Å². The Morgan fingerprint density at radius 2 is 1.84 bits per heavy atom. The highest BCUT2D eigenvalue weighted by atomic mass is 32.2. The van der Waals surface area contributed by atoms with Crippen molar-refractivity contribution >= 4 is 27.3 Å². The summed E-state index contributed by atoms with van der Waals surface area (Å²) >= 11 is 0. The third kappa shape index (κ3) is 4.84. The van der Waals surface area contributed by atoms with E-state index in [1.807, 2.05) is 30.3 Å². The van der Waals surface area contributed by atoms with Gasteiger partial charge in [-0.1, -0.05) is 56.0 Å². The summed E-state index contributed by atoms with van der Waals surface area (Å²) in [6.45, 7) is 2.82. The summed E-state index contributed by atoms with van der Waals surface area (Å²) in [5.74, 6) is 0.681. The number of nitrogens with one attached hydrogen (secondary N) is 1. The van der Waals surface area contributed by atoms with Crippen LogP contribution >= 0.6 is 0 Å². The van der Waals surface area contributed by atoms with Crippen LogP contribution in [0.4, 0.5) is 11.4 Å². The molecule has 1 atom stereocenters. The molecule has 1 aliphatic carbocycles. The Balaban J connectivity index is 1.64. The molecular formula is C24H31N3O3S. The maximum Gasteiger partial charge on any atom is 0.240 e. The number of nitrogens with two attached hydrogens (primary N) is 1. The molecule has 166 valence electrons. The molecule has 1 saturated carbocycles. The van der Waals surface area contributed by atoms with Gasteiger partial charge in [0.1, 0.15) is 4.90 Å². The van der Waals surface area contributed by atoms with Gasteiger partial charge in [-0.3, -0.25) is 9.69 Å². The fourth-order valence-electron chi connectivity index (χ4n) is 4.98. The average molecular weight is 442 g/mol. The molecular weight excluding hydrogens is 410 g/mol. The molecule has 4 rings (SSSR count). The number of sulfonamides is 1. The molecule has 0 bridgehead atoms. The van der Waals surface area contributed by atoms with E-state index in [1.165, 1.54) is 31.7 Å². The van der Waals surface area contributed by atoms with E-state index in [9.17, 15) is 13.2 Å². The number of nitrogens with zero attached hydrogens (tertiary/aromatic N) is 1. The van der Waals surface area contributed by atoms with Crippen molar-refractivity contribution in [2.45, 2.75) is 69.4 Å². The van der Waals surface area contributed by atoms with Gasteiger partial charge in [0.25, 0.3) is 0 Å². The van der Waals surface area contributed by atoms with Crippen LogP contribution in [0.1, 0.15) is 56.6 Å². The van der Waals surface area contributed by atoms with Gasteiger partial charge in [0, 0.05) is 19.0 Å². The predicted octanol–water partition coefficient (Wildman–Crippen LogP) is 4.00. The van der Waals surface area contributed by atoms with Crippen LogP contribution in [0.15, 0.2) is 47.4 Å². The molecule has 6 nitrogen and oxygen atoms in total. The highest BCUT2D eigenvalue weighted by molar-refractivity contribution is 7.89. The third-order valence-corrected chi connectivity index (χ3v) is 7.45.